The molecule has 0 bridgehead atoms. The van der Waals surface area contributed by atoms with Crippen LogP contribution in [0.2, 0.25) is 0 Å². The van der Waals surface area contributed by atoms with Crippen LogP contribution in [0.4, 0.5) is 0 Å². The normalized spacial score (nSPS) is 10.3. The zero-order valence-corrected chi connectivity index (χ0v) is 11.2. The van der Waals surface area contributed by atoms with Crippen LogP contribution in [0, 0.1) is 0 Å². The topological polar surface area (TPSA) is 63.1 Å². The number of thioether (sulfide) groups is 1. The monoisotopic (exact) mass is 278 g/mol. The lowest BCUT2D eigenvalue weighted by Crippen LogP contribution is -2.03. The third-order valence-electron chi connectivity index (χ3n) is 2.10. The van der Waals surface area contributed by atoms with Crippen molar-refractivity contribution in [2.75, 3.05) is 6.26 Å². The van der Waals surface area contributed by atoms with Crippen LogP contribution in [0.15, 0.2) is 51.6 Å². The molecule has 4 nitrogen and oxygen atoms in total. The average molecular weight is 278 g/mol. The van der Waals surface area contributed by atoms with Gasteiger partial charge in [0.2, 0.25) is 0 Å². The Kier molecular flexibility index (Phi) is 4.22. The van der Waals surface area contributed by atoms with Crippen molar-refractivity contribution in [3.05, 3.63) is 42.1 Å². The van der Waals surface area contributed by atoms with E-state index in [-0.39, 0.29) is 5.56 Å². The van der Waals surface area contributed by atoms with Crippen molar-refractivity contribution in [3.63, 3.8) is 0 Å². The Morgan fingerprint density at radius 3 is 2.61 bits per heavy atom. The van der Waals surface area contributed by atoms with Crippen LogP contribution in [0.5, 0.6) is 0 Å². The highest BCUT2D eigenvalue weighted by molar-refractivity contribution is 7.99. The molecule has 0 aliphatic carbocycles. The maximum atomic E-state index is 11.1. The molecule has 1 N–H and O–H groups in total. The molecule has 18 heavy (non-hydrogen) atoms. The van der Waals surface area contributed by atoms with Crippen molar-refractivity contribution in [1.82, 2.24) is 9.97 Å². The van der Waals surface area contributed by atoms with Gasteiger partial charge in [0, 0.05) is 11.1 Å². The van der Waals surface area contributed by atoms with E-state index in [9.17, 15) is 4.79 Å². The van der Waals surface area contributed by atoms with Gasteiger partial charge in [-0.2, -0.15) is 0 Å². The van der Waals surface area contributed by atoms with Gasteiger partial charge >= 0.3 is 5.97 Å². The van der Waals surface area contributed by atoms with E-state index in [1.165, 1.54) is 29.7 Å². The quantitative estimate of drug-likeness (QED) is 0.527. The van der Waals surface area contributed by atoms with Gasteiger partial charge in [-0.05, 0) is 18.4 Å². The largest absolute Gasteiger partial charge is 0.478 e. The maximum absolute atomic E-state index is 11.1. The number of rotatable bonds is 4. The Morgan fingerprint density at radius 1 is 1.28 bits per heavy atom. The minimum atomic E-state index is -1.01. The Morgan fingerprint density at radius 2 is 2.00 bits per heavy atom. The van der Waals surface area contributed by atoms with Gasteiger partial charge in [0.15, 0.2) is 5.16 Å². The lowest BCUT2D eigenvalue weighted by molar-refractivity contribution is 0.0691. The number of aromatic nitrogens is 2. The first-order valence-corrected chi connectivity index (χ1v) is 7.12. The van der Waals surface area contributed by atoms with E-state index in [1.807, 2.05) is 36.6 Å². The average Bonchev–Trinajstić information content (AvgIpc) is 2.39. The molecule has 0 saturated heterocycles. The zero-order valence-electron chi connectivity index (χ0n) is 9.53. The molecule has 1 aromatic heterocycles. The minimum Gasteiger partial charge on any atom is -0.478 e. The number of carboxylic acids is 1. The molecule has 92 valence electrons. The van der Waals surface area contributed by atoms with E-state index in [0.717, 1.165) is 4.90 Å². The molecular formula is C12H10N2O2S2. The Balaban J connectivity index is 2.38. The third kappa shape index (κ3) is 3.02. The number of aromatic carboxylic acids is 1. The fraction of sp³-hybridized carbons (Fsp3) is 0.0833. The van der Waals surface area contributed by atoms with Crippen LogP contribution in [-0.4, -0.2) is 27.3 Å². The van der Waals surface area contributed by atoms with Crippen LogP contribution in [-0.2, 0) is 0 Å². The molecule has 0 spiro atoms. The molecule has 2 aromatic rings. The molecule has 0 fully saturated rings. The summed E-state index contributed by atoms with van der Waals surface area (Å²) in [6, 6.07) is 9.54. The minimum absolute atomic E-state index is 0.127. The number of carbonyl (C=O) groups is 1. The van der Waals surface area contributed by atoms with Crippen LogP contribution >= 0.6 is 23.5 Å². The highest BCUT2D eigenvalue weighted by Gasteiger charge is 2.14. The van der Waals surface area contributed by atoms with Crippen molar-refractivity contribution < 1.29 is 9.90 Å². The van der Waals surface area contributed by atoms with Crippen molar-refractivity contribution in [3.8, 4) is 0 Å². The van der Waals surface area contributed by atoms with Gasteiger partial charge in [0.05, 0.1) is 0 Å². The van der Waals surface area contributed by atoms with E-state index in [0.29, 0.717) is 10.2 Å². The summed E-state index contributed by atoms with van der Waals surface area (Å²) in [6.45, 7) is 0. The Bertz CT molecular complexity index is 561. The second-order valence-corrected chi connectivity index (χ2v) is 5.13. The van der Waals surface area contributed by atoms with E-state index < -0.39 is 5.97 Å². The molecule has 0 saturated carbocycles. The van der Waals surface area contributed by atoms with Crippen LogP contribution < -0.4 is 0 Å². The molecule has 1 heterocycles. The first-order valence-electron chi connectivity index (χ1n) is 5.08. The van der Waals surface area contributed by atoms with E-state index in [1.54, 1.807) is 0 Å². The summed E-state index contributed by atoms with van der Waals surface area (Å²) in [7, 11) is 0. The van der Waals surface area contributed by atoms with E-state index in [2.05, 4.69) is 9.97 Å². The lowest BCUT2D eigenvalue weighted by atomic mass is 10.3. The summed E-state index contributed by atoms with van der Waals surface area (Å²) < 4.78 is 0. The Labute approximate surface area is 113 Å². The maximum Gasteiger partial charge on any atom is 0.340 e. The predicted octanol–water partition coefficient (Wildman–Crippen LogP) is 3.05. The highest BCUT2D eigenvalue weighted by Crippen LogP contribution is 2.29. The molecular weight excluding hydrogens is 268 g/mol. The molecule has 0 aliphatic heterocycles. The number of benzene rings is 1. The van der Waals surface area contributed by atoms with E-state index in [4.69, 9.17) is 5.11 Å². The summed E-state index contributed by atoms with van der Waals surface area (Å²) in [4.78, 5) is 20.3. The van der Waals surface area contributed by atoms with Crippen molar-refractivity contribution >= 4 is 29.5 Å². The highest BCUT2D eigenvalue weighted by atomic mass is 32.2. The second kappa shape index (κ2) is 5.88. The Hall–Kier alpha value is -1.53. The van der Waals surface area contributed by atoms with Gasteiger partial charge in [-0.15, -0.1) is 0 Å². The first kappa shape index (κ1) is 12.9. The van der Waals surface area contributed by atoms with Gasteiger partial charge in [-0.3, -0.25) is 0 Å². The van der Waals surface area contributed by atoms with Crippen LogP contribution in [0.25, 0.3) is 0 Å². The van der Waals surface area contributed by atoms with Gasteiger partial charge < -0.3 is 5.11 Å². The standard InChI is InChI=1S/C12H10N2O2S2/c1-17-12-13-7-9(11(15)16)10(14-12)18-8-5-3-2-4-6-8/h2-7H,1H3,(H,15,16). The number of hydrogen-bond donors (Lipinski definition) is 1. The second-order valence-electron chi connectivity index (χ2n) is 3.30. The summed E-state index contributed by atoms with van der Waals surface area (Å²) in [5, 5.41) is 10.1. The molecule has 1 aromatic carbocycles. The number of hydrogen-bond acceptors (Lipinski definition) is 5. The molecule has 2 rings (SSSR count). The smallest absolute Gasteiger partial charge is 0.340 e. The van der Waals surface area contributed by atoms with Gasteiger partial charge in [0.1, 0.15) is 10.6 Å². The number of nitrogens with zero attached hydrogens (tertiary/aromatic N) is 2. The fourth-order valence-electron chi connectivity index (χ4n) is 1.27. The summed E-state index contributed by atoms with van der Waals surface area (Å²) in [5.74, 6) is -1.01. The number of carboxylic acid groups (broad SMARTS) is 1. The SMILES string of the molecule is CSc1ncc(C(=O)O)c(Sc2ccccc2)n1. The predicted molar refractivity (Wildman–Crippen MR) is 71.3 cm³/mol. The van der Waals surface area contributed by atoms with Crippen molar-refractivity contribution in [1.29, 1.82) is 0 Å². The zero-order chi connectivity index (χ0) is 13.0. The van der Waals surface area contributed by atoms with Crippen LogP contribution in [0.3, 0.4) is 0 Å². The third-order valence-corrected chi connectivity index (χ3v) is 3.68. The van der Waals surface area contributed by atoms with Gasteiger partial charge in [-0.1, -0.05) is 41.7 Å². The summed E-state index contributed by atoms with van der Waals surface area (Å²) in [5.41, 5.74) is 0.127. The van der Waals surface area contributed by atoms with Crippen molar-refractivity contribution in [2.45, 2.75) is 15.1 Å². The molecule has 0 atom stereocenters. The fourth-order valence-corrected chi connectivity index (χ4v) is 2.57. The molecule has 6 heteroatoms. The summed E-state index contributed by atoms with van der Waals surface area (Å²) >= 11 is 2.71. The van der Waals surface area contributed by atoms with E-state index >= 15 is 0 Å². The molecule has 0 unspecified atom stereocenters. The molecule has 0 radical (unpaired) electrons. The lowest BCUT2D eigenvalue weighted by Gasteiger charge is -2.05. The first-order chi connectivity index (χ1) is 8.70. The summed E-state index contributed by atoms with van der Waals surface area (Å²) in [6.07, 6.45) is 3.21. The van der Waals surface area contributed by atoms with Crippen LogP contribution in [0.1, 0.15) is 10.4 Å². The van der Waals surface area contributed by atoms with Crippen molar-refractivity contribution in [2.24, 2.45) is 0 Å². The van der Waals surface area contributed by atoms with Gasteiger partial charge in [0.25, 0.3) is 0 Å². The molecule has 0 aliphatic rings. The van der Waals surface area contributed by atoms with Gasteiger partial charge in [-0.25, -0.2) is 14.8 Å². The molecule has 0 amide bonds.